The number of nitrogens with zero attached hydrogens (tertiary/aromatic N) is 3. The molecule has 1 aliphatic heterocycles. The van der Waals surface area contributed by atoms with Crippen LogP contribution in [-0.4, -0.2) is 27.8 Å². The topological polar surface area (TPSA) is 69.0 Å². The highest BCUT2D eigenvalue weighted by Gasteiger charge is 2.35. The Bertz CT molecular complexity index is 1070. The average molecular weight is 374 g/mol. The summed E-state index contributed by atoms with van der Waals surface area (Å²) in [6.45, 7) is 0. The lowest BCUT2D eigenvalue weighted by atomic mass is 9.83. The summed E-state index contributed by atoms with van der Waals surface area (Å²) in [5.41, 5.74) is 6.41. The molecule has 1 atom stereocenters. The van der Waals surface area contributed by atoms with Gasteiger partial charge in [0, 0.05) is 36.7 Å². The summed E-state index contributed by atoms with van der Waals surface area (Å²) < 4.78 is 7.49. The molecule has 6 nitrogen and oxygen atoms in total. The Balaban J connectivity index is 1.73. The van der Waals surface area contributed by atoms with Gasteiger partial charge in [-0.1, -0.05) is 12.1 Å². The van der Waals surface area contributed by atoms with E-state index in [0.717, 1.165) is 46.9 Å². The van der Waals surface area contributed by atoms with E-state index in [0.29, 0.717) is 6.42 Å². The molecule has 1 aliphatic carbocycles. The number of fused-ring (bicyclic) bond motifs is 2. The predicted octanol–water partition coefficient (Wildman–Crippen LogP) is 3.45. The molecule has 1 N–H and O–H groups in total. The lowest BCUT2D eigenvalue weighted by Gasteiger charge is -2.26. The van der Waals surface area contributed by atoms with Gasteiger partial charge in [-0.3, -0.25) is 14.5 Å². The number of nitrogens with one attached hydrogen (secondary N) is 1. The molecule has 3 heterocycles. The minimum absolute atomic E-state index is 0.00405. The average Bonchev–Trinajstić information content (AvgIpc) is 3.31. The van der Waals surface area contributed by atoms with Crippen LogP contribution in [0.1, 0.15) is 41.0 Å². The van der Waals surface area contributed by atoms with Crippen LogP contribution in [-0.2, 0) is 24.7 Å². The number of carbonyl (C=O) groups is 1. The van der Waals surface area contributed by atoms with Crippen LogP contribution in [0.4, 0.5) is 5.82 Å². The van der Waals surface area contributed by atoms with Crippen LogP contribution in [0.25, 0.3) is 11.4 Å². The van der Waals surface area contributed by atoms with Gasteiger partial charge in [0.05, 0.1) is 12.8 Å². The summed E-state index contributed by atoms with van der Waals surface area (Å²) in [6.07, 6.45) is 5.48. The first-order valence-corrected chi connectivity index (χ1v) is 9.63. The number of pyridine rings is 1. The number of aryl methyl sites for hydroxylation is 3. The highest BCUT2D eigenvalue weighted by atomic mass is 16.5. The Morgan fingerprint density at radius 2 is 2.04 bits per heavy atom. The van der Waals surface area contributed by atoms with Crippen LogP contribution < -0.4 is 10.1 Å². The van der Waals surface area contributed by atoms with Gasteiger partial charge in [0.15, 0.2) is 0 Å². The molecule has 0 spiro atoms. The van der Waals surface area contributed by atoms with E-state index >= 15 is 0 Å². The van der Waals surface area contributed by atoms with Crippen molar-refractivity contribution in [3.8, 4) is 17.1 Å². The van der Waals surface area contributed by atoms with Gasteiger partial charge in [0.2, 0.25) is 5.91 Å². The molecule has 2 aliphatic rings. The van der Waals surface area contributed by atoms with E-state index in [-0.39, 0.29) is 11.8 Å². The van der Waals surface area contributed by atoms with Crippen molar-refractivity contribution in [3.63, 3.8) is 0 Å². The molecule has 0 radical (unpaired) electrons. The first-order chi connectivity index (χ1) is 13.7. The molecule has 0 bridgehead atoms. The van der Waals surface area contributed by atoms with Crippen molar-refractivity contribution in [2.24, 2.45) is 7.05 Å². The number of anilines is 1. The highest BCUT2D eigenvalue weighted by Crippen LogP contribution is 2.46. The third-order valence-corrected chi connectivity index (χ3v) is 5.81. The van der Waals surface area contributed by atoms with Gasteiger partial charge in [-0.15, -0.1) is 0 Å². The molecule has 0 saturated heterocycles. The van der Waals surface area contributed by atoms with Crippen molar-refractivity contribution < 1.29 is 9.53 Å². The van der Waals surface area contributed by atoms with Crippen LogP contribution in [0.5, 0.6) is 5.75 Å². The van der Waals surface area contributed by atoms with E-state index in [2.05, 4.69) is 22.4 Å². The largest absolute Gasteiger partial charge is 0.496 e. The maximum absolute atomic E-state index is 12.5. The summed E-state index contributed by atoms with van der Waals surface area (Å²) in [7, 11) is 3.56. The first-order valence-electron chi connectivity index (χ1n) is 9.63. The molecule has 6 heteroatoms. The third kappa shape index (κ3) is 2.59. The van der Waals surface area contributed by atoms with Crippen LogP contribution in [0.2, 0.25) is 0 Å². The molecule has 142 valence electrons. The second-order valence-corrected chi connectivity index (χ2v) is 7.47. The lowest BCUT2D eigenvalue weighted by Crippen LogP contribution is -2.25. The van der Waals surface area contributed by atoms with Crippen LogP contribution in [0.3, 0.4) is 0 Å². The van der Waals surface area contributed by atoms with Gasteiger partial charge in [0.1, 0.15) is 17.3 Å². The van der Waals surface area contributed by atoms with Crippen molar-refractivity contribution in [1.29, 1.82) is 0 Å². The fraction of sp³-hybridized carbons (Fsp3) is 0.318. The Morgan fingerprint density at radius 3 is 2.79 bits per heavy atom. The van der Waals surface area contributed by atoms with Gasteiger partial charge in [-0.25, -0.2) is 0 Å². The SMILES string of the molecule is COc1cc2c(cc1[C@@H]1CC(=O)Nc3c1c(-c1ccccn1)nn3C)CCC2. The summed E-state index contributed by atoms with van der Waals surface area (Å²) in [5.74, 6) is 1.47. The Kier molecular flexibility index (Phi) is 3.93. The van der Waals surface area contributed by atoms with Crippen molar-refractivity contribution >= 4 is 11.7 Å². The van der Waals surface area contributed by atoms with E-state index in [4.69, 9.17) is 9.84 Å². The number of rotatable bonds is 3. The van der Waals surface area contributed by atoms with E-state index in [1.165, 1.54) is 17.5 Å². The summed E-state index contributed by atoms with van der Waals surface area (Å²) >= 11 is 0. The molecule has 5 rings (SSSR count). The van der Waals surface area contributed by atoms with Crippen LogP contribution in [0, 0.1) is 0 Å². The zero-order valence-corrected chi connectivity index (χ0v) is 16.0. The van der Waals surface area contributed by atoms with E-state index in [1.54, 1.807) is 18.0 Å². The van der Waals surface area contributed by atoms with Crippen molar-refractivity contribution in [2.45, 2.75) is 31.6 Å². The Labute approximate surface area is 163 Å². The number of ether oxygens (including phenoxy) is 1. The number of aromatic nitrogens is 3. The minimum Gasteiger partial charge on any atom is -0.496 e. The molecule has 0 fully saturated rings. The molecule has 1 amide bonds. The Morgan fingerprint density at radius 1 is 1.21 bits per heavy atom. The van der Waals surface area contributed by atoms with E-state index in [9.17, 15) is 4.79 Å². The van der Waals surface area contributed by atoms with Gasteiger partial charge >= 0.3 is 0 Å². The maximum atomic E-state index is 12.5. The molecule has 2 aromatic heterocycles. The Hall–Kier alpha value is -3.15. The number of carbonyl (C=O) groups excluding carboxylic acids is 1. The molecular formula is C22H22N4O2. The molecular weight excluding hydrogens is 352 g/mol. The zero-order chi connectivity index (χ0) is 19.3. The third-order valence-electron chi connectivity index (χ3n) is 5.81. The number of hydrogen-bond donors (Lipinski definition) is 1. The minimum atomic E-state index is -0.115. The quantitative estimate of drug-likeness (QED) is 0.762. The maximum Gasteiger partial charge on any atom is 0.226 e. The fourth-order valence-electron chi connectivity index (χ4n) is 4.52. The van der Waals surface area contributed by atoms with Gasteiger partial charge in [-0.2, -0.15) is 5.10 Å². The molecule has 3 aromatic rings. The summed E-state index contributed by atoms with van der Waals surface area (Å²) in [4.78, 5) is 17.0. The number of benzene rings is 1. The van der Waals surface area contributed by atoms with Crippen molar-refractivity contribution in [3.05, 3.63) is 58.8 Å². The first kappa shape index (κ1) is 17.0. The van der Waals surface area contributed by atoms with Crippen molar-refractivity contribution in [2.75, 3.05) is 12.4 Å². The predicted molar refractivity (Wildman–Crippen MR) is 107 cm³/mol. The number of amides is 1. The zero-order valence-electron chi connectivity index (χ0n) is 16.0. The standard InChI is InChI=1S/C22H22N4O2/c1-26-22-20(21(25-26)17-8-3-4-9-23-17)16(12-19(27)24-22)15-10-13-6-5-7-14(13)11-18(15)28-2/h3-4,8-11,16H,5-7,12H2,1-2H3,(H,24,27)/t16-/m0/s1. The van der Waals surface area contributed by atoms with Gasteiger partial charge in [0.25, 0.3) is 0 Å². The number of methoxy groups -OCH3 is 1. The van der Waals surface area contributed by atoms with Crippen LogP contribution >= 0.6 is 0 Å². The molecule has 0 saturated carbocycles. The normalized spacial score (nSPS) is 17.8. The van der Waals surface area contributed by atoms with Crippen LogP contribution in [0.15, 0.2) is 36.5 Å². The molecule has 1 aromatic carbocycles. The van der Waals surface area contributed by atoms with E-state index in [1.807, 2.05) is 25.2 Å². The van der Waals surface area contributed by atoms with Gasteiger partial charge in [-0.05, 0) is 48.6 Å². The second kappa shape index (κ2) is 6.48. The fourth-order valence-corrected chi connectivity index (χ4v) is 4.52. The second-order valence-electron chi connectivity index (χ2n) is 7.47. The summed E-state index contributed by atoms with van der Waals surface area (Å²) in [5, 5.41) is 7.70. The lowest BCUT2D eigenvalue weighted by molar-refractivity contribution is -0.116. The monoisotopic (exact) mass is 374 g/mol. The molecule has 28 heavy (non-hydrogen) atoms. The highest BCUT2D eigenvalue weighted by molar-refractivity contribution is 5.96. The van der Waals surface area contributed by atoms with E-state index < -0.39 is 0 Å². The molecule has 0 unspecified atom stereocenters. The van der Waals surface area contributed by atoms with Crippen molar-refractivity contribution in [1.82, 2.24) is 14.8 Å². The van der Waals surface area contributed by atoms with Gasteiger partial charge < -0.3 is 10.1 Å². The summed E-state index contributed by atoms with van der Waals surface area (Å²) in [6, 6.07) is 10.2. The number of hydrogen-bond acceptors (Lipinski definition) is 4. The smallest absolute Gasteiger partial charge is 0.226 e.